The predicted molar refractivity (Wildman–Crippen MR) is 116 cm³/mol. The minimum atomic E-state index is -1.26. The molecule has 1 saturated carbocycles. The van der Waals surface area contributed by atoms with E-state index in [0.717, 1.165) is 24.5 Å². The molecule has 172 valence electrons. The molecule has 1 amide bonds. The molecule has 1 aliphatic carbocycles. The summed E-state index contributed by atoms with van der Waals surface area (Å²) >= 11 is 0. The monoisotopic (exact) mass is 456 g/mol. The number of hydrogen-bond acceptors (Lipinski definition) is 5. The fourth-order valence-electron chi connectivity index (χ4n) is 3.84. The number of pyridine rings is 1. The van der Waals surface area contributed by atoms with Crippen LogP contribution in [-0.2, 0) is 16.0 Å². The lowest BCUT2D eigenvalue weighted by atomic mass is 10.0. The van der Waals surface area contributed by atoms with E-state index in [4.69, 9.17) is 9.47 Å². The molecule has 0 saturated heterocycles. The van der Waals surface area contributed by atoms with Crippen LogP contribution in [0.25, 0.3) is 10.9 Å². The van der Waals surface area contributed by atoms with E-state index in [9.17, 15) is 23.2 Å². The zero-order chi connectivity index (χ0) is 23.7. The van der Waals surface area contributed by atoms with Gasteiger partial charge in [-0.05, 0) is 24.5 Å². The fourth-order valence-corrected chi connectivity index (χ4v) is 3.84. The highest BCUT2D eigenvalue weighted by Crippen LogP contribution is 2.40. The number of amides is 1. The van der Waals surface area contributed by atoms with Crippen LogP contribution in [0.2, 0.25) is 0 Å². The Morgan fingerprint density at radius 1 is 1.18 bits per heavy atom. The molecular formula is C24H22F2N2O5. The number of benzene rings is 2. The van der Waals surface area contributed by atoms with Crippen molar-refractivity contribution in [1.82, 2.24) is 9.88 Å². The minimum Gasteiger partial charge on any atom is -0.491 e. The van der Waals surface area contributed by atoms with E-state index in [1.54, 1.807) is 28.8 Å². The van der Waals surface area contributed by atoms with E-state index < -0.39 is 40.7 Å². The number of nitrogens with one attached hydrogen (secondary N) is 1. The Morgan fingerprint density at radius 3 is 2.48 bits per heavy atom. The number of hydrogen-bond donors (Lipinski definition) is 1. The van der Waals surface area contributed by atoms with Crippen molar-refractivity contribution < 1.29 is 27.8 Å². The molecule has 33 heavy (non-hydrogen) atoms. The molecule has 1 fully saturated rings. The Kier molecular flexibility index (Phi) is 6.13. The summed E-state index contributed by atoms with van der Waals surface area (Å²) in [6.07, 6.45) is 2.96. The van der Waals surface area contributed by atoms with Gasteiger partial charge < -0.3 is 19.4 Å². The second-order valence-corrected chi connectivity index (χ2v) is 7.85. The number of aromatic nitrogens is 1. The zero-order valence-corrected chi connectivity index (χ0v) is 18.1. The number of carbonyl (C=O) groups is 2. The molecule has 1 N–H and O–H groups in total. The Hall–Kier alpha value is -3.75. The molecule has 0 bridgehead atoms. The average Bonchev–Trinajstić information content (AvgIpc) is 3.66. The molecule has 4 rings (SSSR count). The van der Waals surface area contributed by atoms with Gasteiger partial charge in [0.15, 0.2) is 11.6 Å². The molecule has 1 aliphatic rings. The molecule has 1 unspecified atom stereocenters. The van der Waals surface area contributed by atoms with Crippen molar-refractivity contribution in [3.05, 3.63) is 75.6 Å². The van der Waals surface area contributed by atoms with Crippen LogP contribution < -0.4 is 15.5 Å². The van der Waals surface area contributed by atoms with Crippen LogP contribution in [0.3, 0.4) is 0 Å². The minimum absolute atomic E-state index is 0.0841. The van der Waals surface area contributed by atoms with E-state index >= 15 is 0 Å². The van der Waals surface area contributed by atoms with Crippen molar-refractivity contribution in [3.63, 3.8) is 0 Å². The third kappa shape index (κ3) is 4.30. The van der Waals surface area contributed by atoms with Gasteiger partial charge in [-0.1, -0.05) is 30.3 Å². The van der Waals surface area contributed by atoms with Gasteiger partial charge in [0.2, 0.25) is 11.2 Å². The molecule has 7 nitrogen and oxygen atoms in total. The van der Waals surface area contributed by atoms with Gasteiger partial charge in [0.1, 0.15) is 11.6 Å². The first-order chi connectivity index (χ1) is 15.8. The standard InChI is InChI=1S/C24H22F2N2O5/c1-32-22-19(26)17(25)11-15-20(22)28(14-8-9-14)12-16(21(15)29)23(30)27-18(24(31)33-2)10-13-6-4-3-5-7-13/h3-7,11-12,14,18H,8-10H2,1-2H3,(H,27,30). The summed E-state index contributed by atoms with van der Waals surface area (Å²) in [7, 11) is 2.39. The lowest BCUT2D eigenvalue weighted by Gasteiger charge is -2.19. The molecule has 1 heterocycles. The summed E-state index contributed by atoms with van der Waals surface area (Å²) in [6.45, 7) is 0. The third-order valence-electron chi connectivity index (χ3n) is 5.63. The molecule has 2 aromatic carbocycles. The molecule has 9 heteroatoms. The van der Waals surface area contributed by atoms with Crippen LogP contribution in [0, 0.1) is 11.6 Å². The molecule has 3 aromatic rings. The lowest BCUT2D eigenvalue weighted by molar-refractivity contribution is -0.142. The Balaban J connectivity index is 1.78. The summed E-state index contributed by atoms with van der Waals surface area (Å²) in [6, 6.07) is 8.64. The number of nitrogens with zero attached hydrogens (tertiary/aromatic N) is 1. The molecule has 0 spiro atoms. The molecule has 0 aliphatic heterocycles. The number of rotatable bonds is 7. The largest absolute Gasteiger partial charge is 0.491 e. The van der Waals surface area contributed by atoms with Gasteiger partial charge in [-0.2, -0.15) is 4.39 Å². The van der Waals surface area contributed by atoms with Gasteiger partial charge in [0, 0.05) is 18.7 Å². The first kappa shape index (κ1) is 22.4. The van der Waals surface area contributed by atoms with Gasteiger partial charge in [0.25, 0.3) is 5.91 Å². The number of ether oxygens (including phenoxy) is 2. The van der Waals surface area contributed by atoms with E-state index in [1.165, 1.54) is 20.4 Å². The van der Waals surface area contributed by atoms with Crippen LogP contribution in [0.4, 0.5) is 8.78 Å². The van der Waals surface area contributed by atoms with Crippen molar-refractivity contribution >= 4 is 22.8 Å². The summed E-state index contributed by atoms with van der Waals surface area (Å²) < 4.78 is 40.0. The van der Waals surface area contributed by atoms with Crippen LogP contribution in [0.1, 0.15) is 34.8 Å². The number of carbonyl (C=O) groups excluding carboxylic acids is 2. The Morgan fingerprint density at radius 2 is 1.88 bits per heavy atom. The average molecular weight is 456 g/mol. The molecule has 1 aromatic heterocycles. The van der Waals surface area contributed by atoms with Gasteiger partial charge in [-0.3, -0.25) is 9.59 Å². The predicted octanol–water partition coefficient (Wildman–Crippen LogP) is 3.14. The van der Waals surface area contributed by atoms with Crippen molar-refractivity contribution in [2.75, 3.05) is 14.2 Å². The second kappa shape index (κ2) is 9.01. The summed E-state index contributed by atoms with van der Waals surface area (Å²) in [5.74, 6) is -4.34. The number of halogens is 2. The molecular weight excluding hydrogens is 434 g/mol. The Labute approximate surface area is 187 Å². The second-order valence-electron chi connectivity index (χ2n) is 7.85. The van der Waals surface area contributed by atoms with Crippen molar-refractivity contribution in [3.8, 4) is 5.75 Å². The maximum Gasteiger partial charge on any atom is 0.328 e. The smallest absolute Gasteiger partial charge is 0.328 e. The molecule has 0 radical (unpaired) electrons. The van der Waals surface area contributed by atoms with E-state index in [1.807, 2.05) is 6.07 Å². The number of methoxy groups -OCH3 is 2. The van der Waals surface area contributed by atoms with Crippen molar-refractivity contribution in [2.24, 2.45) is 0 Å². The summed E-state index contributed by atoms with van der Waals surface area (Å²) in [4.78, 5) is 38.5. The quantitative estimate of drug-likeness (QED) is 0.552. The maximum atomic E-state index is 14.3. The first-order valence-electron chi connectivity index (χ1n) is 10.4. The van der Waals surface area contributed by atoms with Crippen molar-refractivity contribution in [2.45, 2.75) is 31.3 Å². The van der Waals surface area contributed by atoms with Gasteiger partial charge in [-0.25, -0.2) is 9.18 Å². The van der Waals surface area contributed by atoms with Crippen LogP contribution >= 0.6 is 0 Å². The lowest BCUT2D eigenvalue weighted by Crippen LogP contribution is -2.44. The van der Waals surface area contributed by atoms with E-state index in [-0.39, 0.29) is 28.9 Å². The van der Waals surface area contributed by atoms with Gasteiger partial charge in [0.05, 0.1) is 25.1 Å². The van der Waals surface area contributed by atoms with Crippen LogP contribution in [0.15, 0.2) is 47.4 Å². The first-order valence-corrected chi connectivity index (χ1v) is 10.4. The number of fused-ring (bicyclic) bond motifs is 1. The number of esters is 1. The Bertz CT molecular complexity index is 1290. The third-order valence-corrected chi connectivity index (χ3v) is 5.63. The highest BCUT2D eigenvalue weighted by molar-refractivity contribution is 6.00. The van der Waals surface area contributed by atoms with E-state index in [0.29, 0.717) is 0 Å². The fraction of sp³-hybridized carbons (Fsp3) is 0.292. The topological polar surface area (TPSA) is 86.6 Å². The summed E-state index contributed by atoms with van der Waals surface area (Å²) in [5, 5.41) is 2.38. The van der Waals surface area contributed by atoms with Gasteiger partial charge in [-0.15, -0.1) is 0 Å². The van der Waals surface area contributed by atoms with Crippen LogP contribution in [-0.4, -0.2) is 36.7 Å². The summed E-state index contributed by atoms with van der Waals surface area (Å²) in [5.41, 5.74) is -0.206. The van der Waals surface area contributed by atoms with Gasteiger partial charge >= 0.3 is 5.97 Å². The highest BCUT2D eigenvalue weighted by atomic mass is 19.2. The van der Waals surface area contributed by atoms with E-state index in [2.05, 4.69) is 5.32 Å². The van der Waals surface area contributed by atoms with Crippen LogP contribution in [0.5, 0.6) is 5.75 Å². The highest BCUT2D eigenvalue weighted by Gasteiger charge is 2.31. The normalized spacial score (nSPS) is 14.1. The van der Waals surface area contributed by atoms with Crippen molar-refractivity contribution in [1.29, 1.82) is 0 Å². The molecule has 1 atom stereocenters. The zero-order valence-electron chi connectivity index (χ0n) is 18.1. The SMILES string of the molecule is COC(=O)C(Cc1ccccc1)NC(=O)c1cn(C2CC2)c2c(OC)c(F)c(F)cc2c1=O. The maximum absolute atomic E-state index is 14.3.